The van der Waals surface area contributed by atoms with Gasteiger partial charge in [0.25, 0.3) is 0 Å². The van der Waals surface area contributed by atoms with Gasteiger partial charge in [0.05, 0.1) is 40.9 Å². The van der Waals surface area contributed by atoms with Gasteiger partial charge in [0, 0.05) is 26.8 Å². The zero-order valence-corrected chi connectivity index (χ0v) is 26.2. The van der Waals surface area contributed by atoms with Crippen LogP contribution in [0.25, 0.3) is 0 Å². The van der Waals surface area contributed by atoms with Crippen LogP contribution in [0.3, 0.4) is 0 Å². The normalized spacial score (nSPS) is 11.0. The molecule has 0 saturated heterocycles. The molecule has 11 heteroatoms. The van der Waals surface area contributed by atoms with E-state index in [-0.39, 0.29) is 0 Å². The molecule has 0 radical (unpaired) electrons. The molecule has 0 amide bonds. The van der Waals surface area contributed by atoms with Crippen molar-refractivity contribution in [3.8, 4) is 0 Å². The van der Waals surface area contributed by atoms with E-state index in [1.807, 2.05) is 9.99 Å². The maximum absolute atomic E-state index is 3.66. The van der Waals surface area contributed by atoms with E-state index >= 15 is 0 Å². The number of benzene rings is 2. The van der Waals surface area contributed by atoms with Gasteiger partial charge in [-0.3, -0.25) is 3.93 Å². The highest BCUT2D eigenvalue weighted by Gasteiger charge is 2.24. The van der Waals surface area contributed by atoms with Crippen LogP contribution in [0.1, 0.15) is 0 Å². The standard InChI is InChI=1S/C12HBr10N/c13-2-1-3(5(15)6(16)4(2)14)23(22)12-10(20)8(18)7(17)9(19)11(12)21/h1H. The van der Waals surface area contributed by atoms with Crippen LogP contribution in [0.4, 0.5) is 11.4 Å². The average Bonchev–Trinajstić information content (AvgIpc) is 2.52. The summed E-state index contributed by atoms with van der Waals surface area (Å²) in [4.78, 5) is 0. The van der Waals surface area contributed by atoms with E-state index in [0.29, 0.717) is 0 Å². The second-order valence-corrected chi connectivity index (χ2v) is 11.9. The topological polar surface area (TPSA) is 3.24 Å². The highest BCUT2D eigenvalue weighted by molar-refractivity contribution is 9.16. The Morgan fingerprint density at radius 2 is 0.913 bits per heavy atom. The van der Waals surface area contributed by atoms with Crippen molar-refractivity contribution < 1.29 is 0 Å². The van der Waals surface area contributed by atoms with Crippen LogP contribution in [-0.4, -0.2) is 0 Å². The van der Waals surface area contributed by atoms with Crippen molar-refractivity contribution in [2.24, 2.45) is 0 Å². The molecular formula is C12HBr10N. The molecule has 0 bridgehead atoms. The van der Waals surface area contributed by atoms with Gasteiger partial charge in [0.2, 0.25) is 0 Å². The number of nitrogens with zero attached hydrogens (tertiary/aromatic N) is 1. The molecule has 124 valence electrons. The first-order valence-electron chi connectivity index (χ1n) is 5.39. The Morgan fingerprint density at radius 3 is 1.39 bits per heavy atom. The second-order valence-electron chi connectivity index (χ2n) is 4.02. The lowest BCUT2D eigenvalue weighted by molar-refractivity contribution is 1.34. The lowest BCUT2D eigenvalue weighted by Crippen LogP contribution is -2.05. The largest absolute Gasteiger partial charge is 0.273 e. The first-order valence-corrected chi connectivity index (χ1v) is 13.2. The Balaban J connectivity index is 2.75. The van der Waals surface area contributed by atoms with Gasteiger partial charge in [-0.05, 0) is 149 Å². The second kappa shape index (κ2) is 9.03. The van der Waals surface area contributed by atoms with Gasteiger partial charge in [0.1, 0.15) is 0 Å². The van der Waals surface area contributed by atoms with E-state index in [2.05, 4.69) is 160 Å². The Labute approximate surface area is 217 Å². The molecule has 0 saturated carbocycles. The van der Waals surface area contributed by atoms with Crippen molar-refractivity contribution in [3.63, 3.8) is 0 Å². The Kier molecular flexibility index (Phi) is 8.76. The molecule has 2 aromatic rings. The summed E-state index contributed by atoms with van der Waals surface area (Å²) in [5.41, 5.74) is 1.81. The summed E-state index contributed by atoms with van der Waals surface area (Å²) in [6.45, 7) is 0. The van der Waals surface area contributed by atoms with Crippen LogP contribution in [0.5, 0.6) is 0 Å². The summed E-state index contributed by atoms with van der Waals surface area (Å²) in [7, 11) is 0. The zero-order chi connectivity index (χ0) is 17.6. The van der Waals surface area contributed by atoms with E-state index in [1.165, 1.54) is 0 Å². The van der Waals surface area contributed by atoms with E-state index in [9.17, 15) is 0 Å². The summed E-state index contributed by atoms with van der Waals surface area (Å²) in [5.74, 6) is 0. The number of rotatable bonds is 2. The molecule has 0 aliphatic rings. The van der Waals surface area contributed by atoms with Gasteiger partial charge in [0.15, 0.2) is 0 Å². The quantitative estimate of drug-likeness (QED) is 0.165. The summed E-state index contributed by atoms with van der Waals surface area (Å²) < 4.78 is 10.1. The molecule has 0 spiro atoms. The molecule has 0 atom stereocenters. The number of hydrogen-bond donors (Lipinski definition) is 0. The van der Waals surface area contributed by atoms with Crippen molar-refractivity contribution in [2.45, 2.75) is 0 Å². The Hall–Kier alpha value is 3.04. The molecular weight excluding hydrogens is 957 g/mol. The average molecular weight is 958 g/mol. The van der Waals surface area contributed by atoms with Crippen LogP contribution < -0.4 is 3.93 Å². The highest BCUT2D eigenvalue weighted by atomic mass is 79.9. The fourth-order valence-electron chi connectivity index (χ4n) is 1.59. The minimum absolute atomic E-state index is 0.887. The summed E-state index contributed by atoms with van der Waals surface area (Å²) in [6, 6.07) is 2.00. The third-order valence-electron chi connectivity index (χ3n) is 2.68. The van der Waals surface area contributed by atoms with E-state index in [0.717, 1.165) is 51.6 Å². The fourth-order valence-corrected chi connectivity index (χ4v) is 8.48. The summed E-state index contributed by atoms with van der Waals surface area (Å²) >= 11 is 36.0. The molecule has 23 heavy (non-hydrogen) atoms. The van der Waals surface area contributed by atoms with Crippen LogP contribution in [-0.2, 0) is 0 Å². The molecule has 1 nitrogen and oxygen atoms in total. The molecule has 0 unspecified atom stereocenters. The Morgan fingerprint density at radius 1 is 0.522 bits per heavy atom. The first-order chi connectivity index (χ1) is 10.6. The molecule has 2 aromatic carbocycles. The molecule has 0 N–H and O–H groups in total. The molecule has 0 fully saturated rings. The molecule has 2 rings (SSSR count). The van der Waals surface area contributed by atoms with Gasteiger partial charge < -0.3 is 0 Å². The fraction of sp³-hybridized carbons (Fsp3) is 0. The third kappa shape index (κ3) is 4.39. The minimum Gasteiger partial charge on any atom is -0.273 e. The van der Waals surface area contributed by atoms with Gasteiger partial charge in [-0.1, -0.05) is 0 Å². The first kappa shape index (κ1) is 22.3. The minimum atomic E-state index is 0.887. The van der Waals surface area contributed by atoms with Crippen molar-refractivity contribution in [1.82, 2.24) is 0 Å². The Bertz CT molecular complexity index is 774. The SMILES string of the molecule is Brc1cc(N(Br)c2c(Br)c(Br)c(Br)c(Br)c2Br)c(Br)c(Br)c1Br. The van der Waals surface area contributed by atoms with E-state index in [1.54, 1.807) is 0 Å². The third-order valence-corrected chi connectivity index (χ3v) is 14.1. The zero-order valence-electron chi connectivity index (χ0n) is 10.3. The monoisotopic (exact) mass is 948 g/mol. The number of anilines is 2. The van der Waals surface area contributed by atoms with Crippen molar-refractivity contribution in [3.05, 3.63) is 46.3 Å². The maximum Gasteiger partial charge on any atom is 0.0833 e. The predicted molar refractivity (Wildman–Crippen MR) is 133 cm³/mol. The van der Waals surface area contributed by atoms with Gasteiger partial charge in [-0.25, -0.2) is 0 Å². The van der Waals surface area contributed by atoms with Gasteiger partial charge in [-0.2, -0.15) is 0 Å². The lowest BCUT2D eigenvalue weighted by atomic mass is 10.2. The smallest absolute Gasteiger partial charge is 0.0833 e. The number of halogens is 10. The van der Waals surface area contributed by atoms with E-state index in [4.69, 9.17) is 0 Å². The summed E-state index contributed by atoms with van der Waals surface area (Å²) in [6.07, 6.45) is 0. The highest BCUT2D eigenvalue weighted by Crippen LogP contribution is 2.53. The van der Waals surface area contributed by atoms with Gasteiger partial charge >= 0.3 is 0 Å². The van der Waals surface area contributed by atoms with Crippen molar-refractivity contribution >= 4 is 171 Å². The molecule has 0 aromatic heterocycles. The number of hydrogen-bond acceptors (Lipinski definition) is 1. The molecule has 0 aliphatic carbocycles. The predicted octanol–water partition coefficient (Wildman–Crippen LogP) is 11.0. The van der Waals surface area contributed by atoms with Crippen molar-refractivity contribution in [2.75, 3.05) is 3.93 Å². The lowest BCUT2D eigenvalue weighted by Gasteiger charge is -2.24. The van der Waals surface area contributed by atoms with Gasteiger partial charge in [-0.15, -0.1) is 0 Å². The van der Waals surface area contributed by atoms with Crippen molar-refractivity contribution in [1.29, 1.82) is 0 Å². The van der Waals surface area contributed by atoms with Crippen LogP contribution in [0.2, 0.25) is 0 Å². The summed E-state index contributed by atoms with van der Waals surface area (Å²) in [5, 5.41) is 0. The van der Waals surface area contributed by atoms with Crippen LogP contribution in [0, 0.1) is 0 Å². The van der Waals surface area contributed by atoms with Crippen LogP contribution >= 0.6 is 160 Å². The maximum atomic E-state index is 3.66. The van der Waals surface area contributed by atoms with E-state index < -0.39 is 0 Å². The van der Waals surface area contributed by atoms with Crippen LogP contribution in [0.15, 0.2) is 46.3 Å². The molecule has 0 heterocycles. The molecule has 0 aliphatic heterocycles.